The normalized spacial score (nSPS) is 17.0. The Morgan fingerprint density at radius 2 is 1.94 bits per heavy atom. The third kappa shape index (κ3) is 4.22. The molecule has 1 amide bonds. The number of fused-ring (bicyclic) bond motifs is 3. The van der Waals surface area contributed by atoms with Crippen LogP contribution in [0.3, 0.4) is 0 Å². The van der Waals surface area contributed by atoms with Crippen LogP contribution in [0, 0.1) is 0 Å². The Morgan fingerprint density at radius 1 is 1.17 bits per heavy atom. The van der Waals surface area contributed by atoms with Gasteiger partial charge in [-0.25, -0.2) is 14.6 Å². The van der Waals surface area contributed by atoms with E-state index in [0.717, 1.165) is 61.1 Å². The molecular weight excluding hydrogens is 442 g/mol. The molecule has 1 aromatic carbocycles. The van der Waals surface area contributed by atoms with Crippen molar-refractivity contribution in [1.29, 1.82) is 0 Å². The number of amides is 1. The highest BCUT2D eigenvalue weighted by atomic mass is 16.5. The molecule has 1 saturated heterocycles. The maximum Gasteiger partial charge on any atom is 0.239 e. The molecule has 35 heavy (non-hydrogen) atoms. The van der Waals surface area contributed by atoms with E-state index in [-0.39, 0.29) is 11.9 Å². The lowest BCUT2D eigenvalue weighted by molar-refractivity contribution is -0.131. The fourth-order valence-electron chi connectivity index (χ4n) is 5.29. The second-order valence-electron chi connectivity index (χ2n) is 10.3. The number of hydrogen-bond donors (Lipinski definition) is 1. The molecule has 2 aromatic heterocycles. The van der Waals surface area contributed by atoms with Crippen LogP contribution in [0.25, 0.3) is 22.9 Å². The summed E-state index contributed by atoms with van der Waals surface area (Å²) >= 11 is 0. The highest BCUT2D eigenvalue weighted by Crippen LogP contribution is 2.38. The standard InChI is InChI=1S/C26H35N7O2/c1-17(2)33-24(28-16-29-33)21-15-31-12-13-35-22-14-19(6-7-20(22)23(31)30-21)18-8-10-32(11-9-18)26(3,4)25(34)27-5/h6-7,14-18H,8-13H2,1-5H3,(H,27,34). The zero-order chi connectivity index (χ0) is 24.7. The second-order valence-corrected chi connectivity index (χ2v) is 10.3. The van der Waals surface area contributed by atoms with Crippen LogP contribution in [0.5, 0.6) is 5.75 Å². The molecule has 9 heteroatoms. The Balaban J connectivity index is 1.38. The van der Waals surface area contributed by atoms with Gasteiger partial charge in [0.25, 0.3) is 0 Å². The Morgan fingerprint density at radius 3 is 2.66 bits per heavy atom. The van der Waals surface area contributed by atoms with Gasteiger partial charge in [-0.1, -0.05) is 6.07 Å². The van der Waals surface area contributed by atoms with Crippen molar-refractivity contribution >= 4 is 5.91 Å². The van der Waals surface area contributed by atoms with Crippen molar-refractivity contribution in [3.63, 3.8) is 0 Å². The van der Waals surface area contributed by atoms with Crippen LogP contribution in [0.15, 0.2) is 30.7 Å². The first kappa shape index (κ1) is 23.5. The van der Waals surface area contributed by atoms with Crippen LogP contribution in [0.1, 0.15) is 58.1 Å². The minimum absolute atomic E-state index is 0.0656. The van der Waals surface area contributed by atoms with Crippen LogP contribution < -0.4 is 10.1 Å². The zero-order valence-corrected chi connectivity index (χ0v) is 21.3. The molecule has 0 spiro atoms. The van der Waals surface area contributed by atoms with E-state index in [1.54, 1.807) is 13.4 Å². The van der Waals surface area contributed by atoms with E-state index in [1.165, 1.54) is 5.56 Å². The number of imidazole rings is 1. The molecule has 1 fully saturated rings. The van der Waals surface area contributed by atoms with Crippen LogP contribution in [-0.2, 0) is 11.3 Å². The number of carbonyl (C=O) groups is 1. The van der Waals surface area contributed by atoms with Crippen LogP contribution in [0.2, 0.25) is 0 Å². The number of nitrogens with one attached hydrogen (secondary N) is 1. The maximum absolute atomic E-state index is 12.3. The highest BCUT2D eigenvalue weighted by Gasteiger charge is 2.36. The first-order chi connectivity index (χ1) is 16.8. The SMILES string of the molecule is CNC(=O)C(C)(C)N1CCC(c2ccc3c(c2)OCCn2cc(-c4ncnn4C(C)C)nc2-3)CC1. The molecule has 0 unspecified atom stereocenters. The minimum atomic E-state index is -0.495. The quantitative estimate of drug-likeness (QED) is 0.605. The molecule has 1 N–H and O–H groups in total. The topological polar surface area (TPSA) is 90.1 Å². The maximum atomic E-state index is 12.3. The van der Waals surface area contributed by atoms with Gasteiger partial charge in [0.1, 0.15) is 30.2 Å². The van der Waals surface area contributed by atoms with Gasteiger partial charge in [0, 0.05) is 19.3 Å². The second kappa shape index (κ2) is 9.11. The Bertz CT molecular complexity index is 1220. The molecule has 0 radical (unpaired) electrons. The number of ether oxygens (including phenoxy) is 1. The summed E-state index contributed by atoms with van der Waals surface area (Å²) in [5.74, 6) is 3.09. The molecule has 0 bridgehead atoms. The molecule has 0 aliphatic carbocycles. The van der Waals surface area contributed by atoms with Crippen LogP contribution in [-0.4, -0.2) is 67.4 Å². The number of carbonyl (C=O) groups excluding carboxylic acids is 1. The van der Waals surface area contributed by atoms with Gasteiger partial charge in [0.05, 0.1) is 17.6 Å². The van der Waals surface area contributed by atoms with Crippen molar-refractivity contribution in [3.8, 4) is 28.7 Å². The highest BCUT2D eigenvalue weighted by molar-refractivity contribution is 5.85. The Hall–Kier alpha value is -3.20. The zero-order valence-electron chi connectivity index (χ0n) is 21.3. The largest absolute Gasteiger partial charge is 0.491 e. The molecule has 4 heterocycles. The van der Waals surface area contributed by atoms with Gasteiger partial charge in [0.15, 0.2) is 5.82 Å². The third-order valence-electron chi connectivity index (χ3n) is 7.44. The fourth-order valence-corrected chi connectivity index (χ4v) is 5.29. The Kier molecular flexibility index (Phi) is 6.13. The first-order valence-electron chi connectivity index (χ1n) is 12.5. The van der Waals surface area contributed by atoms with E-state index < -0.39 is 5.54 Å². The van der Waals surface area contributed by atoms with Crippen LogP contribution in [0.4, 0.5) is 0 Å². The molecule has 9 nitrogen and oxygen atoms in total. The number of nitrogens with zero attached hydrogens (tertiary/aromatic N) is 6. The molecular formula is C26H35N7O2. The lowest BCUT2D eigenvalue weighted by Crippen LogP contribution is -2.56. The van der Waals surface area contributed by atoms with E-state index in [1.807, 2.05) is 18.5 Å². The molecule has 186 valence electrons. The number of hydrogen-bond acceptors (Lipinski definition) is 6. The van der Waals surface area contributed by atoms with Gasteiger partial charge < -0.3 is 14.6 Å². The average Bonchev–Trinajstić information content (AvgIpc) is 3.48. The Labute approximate surface area is 206 Å². The number of likely N-dealkylation sites (tertiary alicyclic amines) is 1. The van der Waals surface area contributed by atoms with Crippen molar-refractivity contribution in [3.05, 3.63) is 36.3 Å². The van der Waals surface area contributed by atoms with E-state index in [9.17, 15) is 4.79 Å². The number of likely N-dealkylation sites (N-methyl/N-ethyl adjacent to an activating group) is 1. The number of aromatic nitrogens is 5. The molecule has 2 aliphatic heterocycles. The summed E-state index contributed by atoms with van der Waals surface area (Å²) in [6, 6.07) is 6.76. The lowest BCUT2D eigenvalue weighted by atomic mass is 9.86. The summed E-state index contributed by atoms with van der Waals surface area (Å²) in [4.78, 5) is 24.0. The van der Waals surface area contributed by atoms with Crippen LogP contribution >= 0.6 is 0 Å². The van der Waals surface area contributed by atoms with Crippen molar-refractivity contribution in [2.24, 2.45) is 0 Å². The van der Waals surface area contributed by atoms with Gasteiger partial charge in [-0.15, -0.1) is 0 Å². The molecule has 3 aromatic rings. The molecule has 0 saturated carbocycles. The predicted molar refractivity (Wildman–Crippen MR) is 134 cm³/mol. The summed E-state index contributed by atoms with van der Waals surface area (Å²) in [6.07, 6.45) is 5.67. The smallest absolute Gasteiger partial charge is 0.239 e. The predicted octanol–water partition coefficient (Wildman–Crippen LogP) is 3.49. The molecule has 5 rings (SSSR count). The third-order valence-corrected chi connectivity index (χ3v) is 7.44. The summed E-state index contributed by atoms with van der Waals surface area (Å²) in [7, 11) is 1.70. The summed E-state index contributed by atoms with van der Waals surface area (Å²) in [6.45, 7) is 11.3. The van der Waals surface area contributed by atoms with E-state index in [0.29, 0.717) is 12.5 Å². The summed E-state index contributed by atoms with van der Waals surface area (Å²) in [5.41, 5.74) is 2.63. The number of benzene rings is 1. The number of piperidine rings is 1. The van der Waals surface area contributed by atoms with E-state index >= 15 is 0 Å². The summed E-state index contributed by atoms with van der Waals surface area (Å²) in [5, 5.41) is 7.16. The fraction of sp³-hybridized carbons (Fsp3) is 0.538. The molecule has 0 atom stereocenters. The number of rotatable bonds is 5. The van der Waals surface area contributed by atoms with E-state index in [4.69, 9.17) is 9.72 Å². The van der Waals surface area contributed by atoms with Gasteiger partial charge in [-0.3, -0.25) is 9.69 Å². The summed E-state index contributed by atoms with van der Waals surface area (Å²) < 4.78 is 10.2. The van der Waals surface area contributed by atoms with Gasteiger partial charge in [0.2, 0.25) is 5.91 Å². The van der Waals surface area contributed by atoms with Gasteiger partial charge in [-0.05, 0) is 77.2 Å². The lowest BCUT2D eigenvalue weighted by Gasteiger charge is -2.41. The monoisotopic (exact) mass is 477 g/mol. The minimum Gasteiger partial charge on any atom is -0.491 e. The molecule has 2 aliphatic rings. The van der Waals surface area contributed by atoms with Gasteiger partial charge in [-0.2, -0.15) is 5.10 Å². The van der Waals surface area contributed by atoms with E-state index in [2.05, 4.69) is 63.1 Å². The van der Waals surface area contributed by atoms with Crippen molar-refractivity contribution < 1.29 is 9.53 Å². The van der Waals surface area contributed by atoms with Gasteiger partial charge >= 0.3 is 0 Å². The van der Waals surface area contributed by atoms with Crippen molar-refractivity contribution in [1.82, 2.24) is 34.5 Å². The van der Waals surface area contributed by atoms with Crippen molar-refractivity contribution in [2.75, 3.05) is 26.7 Å². The average molecular weight is 478 g/mol. The first-order valence-corrected chi connectivity index (χ1v) is 12.5. The van der Waals surface area contributed by atoms with Crippen molar-refractivity contribution in [2.45, 2.75) is 64.6 Å².